The molecule has 2 rings (SSSR count). The van der Waals surface area contributed by atoms with Gasteiger partial charge in [-0.25, -0.2) is 0 Å². The molecule has 1 heterocycles. The molecule has 0 saturated carbocycles. The highest BCUT2D eigenvalue weighted by atomic mass is 16.7. The van der Waals surface area contributed by atoms with Crippen molar-refractivity contribution in [3.8, 4) is 6.07 Å². The monoisotopic (exact) mass is 231 g/mol. The highest BCUT2D eigenvalue weighted by molar-refractivity contribution is 5.23. The minimum Gasteiger partial charge on any atom is -0.347 e. The Balaban J connectivity index is 2.02. The summed E-state index contributed by atoms with van der Waals surface area (Å²) in [6.07, 6.45) is 1.02. The van der Waals surface area contributed by atoms with Gasteiger partial charge in [0.25, 0.3) is 0 Å². The fraction of sp³-hybridized carbons (Fsp3) is 0.500. The average molecular weight is 231 g/mol. The third-order valence-corrected chi connectivity index (χ3v) is 2.92. The summed E-state index contributed by atoms with van der Waals surface area (Å²) >= 11 is 0. The third kappa shape index (κ3) is 3.06. The quantitative estimate of drug-likeness (QED) is 0.803. The van der Waals surface area contributed by atoms with Crippen LogP contribution < -0.4 is 0 Å². The Morgan fingerprint density at radius 2 is 2.35 bits per heavy atom. The summed E-state index contributed by atoms with van der Waals surface area (Å²) in [5.74, 6) is -0.588. The van der Waals surface area contributed by atoms with Crippen molar-refractivity contribution in [1.82, 2.24) is 0 Å². The van der Waals surface area contributed by atoms with Gasteiger partial charge in [0.2, 0.25) is 0 Å². The number of hydrogen-bond acceptors (Lipinski definition) is 3. The van der Waals surface area contributed by atoms with E-state index in [0.29, 0.717) is 13.0 Å². The number of ether oxygens (including phenoxy) is 2. The summed E-state index contributed by atoms with van der Waals surface area (Å²) < 4.78 is 11.5. The summed E-state index contributed by atoms with van der Waals surface area (Å²) in [6, 6.07) is 10.4. The fourth-order valence-electron chi connectivity index (χ4n) is 2.18. The van der Waals surface area contributed by atoms with Crippen LogP contribution >= 0.6 is 0 Å². The Labute approximate surface area is 102 Å². The number of benzene rings is 1. The SMILES string of the molecule is Cc1cccc(CC2(C)OCC(CC#N)O2)c1. The normalized spacial score (nSPS) is 27.9. The van der Waals surface area contributed by atoms with Crippen LogP contribution in [0, 0.1) is 18.3 Å². The summed E-state index contributed by atoms with van der Waals surface area (Å²) in [7, 11) is 0. The topological polar surface area (TPSA) is 42.2 Å². The van der Waals surface area contributed by atoms with Crippen molar-refractivity contribution in [1.29, 1.82) is 5.26 Å². The summed E-state index contributed by atoms with van der Waals surface area (Å²) in [6.45, 7) is 4.52. The zero-order valence-corrected chi connectivity index (χ0v) is 10.3. The van der Waals surface area contributed by atoms with Crippen LogP contribution in [0.2, 0.25) is 0 Å². The maximum absolute atomic E-state index is 8.64. The van der Waals surface area contributed by atoms with Crippen LogP contribution in [0.5, 0.6) is 0 Å². The van der Waals surface area contributed by atoms with Gasteiger partial charge in [-0.05, 0) is 19.4 Å². The van der Waals surface area contributed by atoms with Crippen molar-refractivity contribution in [2.75, 3.05) is 6.61 Å². The lowest BCUT2D eigenvalue weighted by Gasteiger charge is -2.23. The molecule has 1 saturated heterocycles. The molecule has 0 N–H and O–H groups in total. The van der Waals surface area contributed by atoms with Gasteiger partial charge >= 0.3 is 0 Å². The van der Waals surface area contributed by atoms with Gasteiger partial charge in [0.05, 0.1) is 25.2 Å². The second-order valence-corrected chi connectivity index (χ2v) is 4.71. The lowest BCUT2D eigenvalue weighted by molar-refractivity contribution is -0.151. The number of nitriles is 1. The fourth-order valence-corrected chi connectivity index (χ4v) is 2.18. The molecular weight excluding hydrogens is 214 g/mol. The van der Waals surface area contributed by atoms with Crippen LogP contribution in [0.3, 0.4) is 0 Å². The van der Waals surface area contributed by atoms with E-state index in [-0.39, 0.29) is 6.10 Å². The van der Waals surface area contributed by atoms with Gasteiger partial charge in [0, 0.05) is 6.42 Å². The molecule has 0 bridgehead atoms. The molecule has 1 aliphatic heterocycles. The first kappa shape index (κ1) is 12.1. The number of nitrogens with zero attached hydrogens (tertiary/aromatic N) is 1. The van der Waals surface area contributed by atoms with E-state index >= 15 is 0 Å². The van der Waals surface area contributed by atoms with E-state index < -0.39 is 5.79 Å². The van der Waals surface area contributed by atoms with Crippen molar-refractivity contribution in [2.24, 2.45) is 0 Å². The van der Waals surface area contributed by atoms with E-state index in [1.165, 1.54) is 11.1 Å². The minimum atomic E-state index is -0.588. The standard InChI is InChI=1S/C14H17NO2/c1-11-4-3-5-12(8-11)9-14(2)16-10-13(17-14)6-7-15/h3-5,8,13H,6,9-10H2,1-2H3. The summed E-state index contributed by atoms with van der Waals surface area (Å²) in [5, 5.41) is 8.64. The van der Waals surface area contributed by atoms with Crippen LogP contribution in [-0.4, -0.2) is 18.5 Å². The highest BCUT2D eigenvalue weighted by Crippen LogP contribution is 2.28. The van der Waals surface area contributed by atoms with Gasteiger partial charge in [-0.1, -0.05) is 29.8 Å². The van der Waals surface area contributed by atoms with Crippen molar-refractivity contribution in [3.63, 3.8) is 0 Å². The van der Waals surface area contributed by atoms with Crippen molar-refractivity contribution < 1.29 is 9.47 Å². The average Bonchev–Trinajstić information content (AvgIpc) is 2.60. The molecule has 2 unspecified atom stereocenters. The molecule has 1 aromatic carbocycles. The van der Waals surface area contributed by atoms with Crippen molar-refractivity contribution >= 4 is 0 Å². The molecule has 1 aromatic rings. The molecule has 2 atom stereocenters. The molecule has 1 fully saturated rings. The Bertz CT molecular complexity index is 438. The van der Waals surface area contributed by atoms with E-state index in [1.54, 1.807) is 0 Å². The van der Waals surface area contributed by atoms with Crippen LogP contribution in [0.15, 0.2) is 24.3 Å². The number of aryl methyl sites for hydroxylation is 1. The van der Waals surface area contributed by atoms with Gasteiger partial charge in [-0.15, -0.1) is 0 Å². The first-order chi connectivity index (χ1) is 8.11. The second-order valence-electron chi connectivity index (χ2n) is 4.71. The minimum absolute atomic E-state index is 0.0881. The molecule has 0 amide bonds. The maximum Gasteiger partial charge on any atom is 0.170 e. The van der Waals surface area contributed by atoms with Gasteiger partial charge in [0.15, 0.2) is 5.79 Å². The van der Waals surface area contributed by atoms with E-state index in [1.807, 2.05) is 13.0 Å². The zero-order valence-electron chi connectivity index (χ0n) is 10.3. The molecule has 0 aromatic heterocycles. The Morgan fingerprint density at radius 1 is 1.53 bits per heavy atom. The second kappa shape index (κ2) is 4.87. The van der Waals surface area contributed by atoms with E-state index in [4.69, 9.17) is 14.7 Å². The smallest absolute Gasteiger partial charge is 0.170 e. The van der Waals surface area contributed by atoms with Crippen molar-refractivity contribution in [2.45, 2.75) is 38.6 Å². The van der Waals surface area contributed by atoms with Crippen molar-refractivity contribution in [3.05, 3.63) is 35.4 Å². The lowest BCUT2D eigenvalue weighted by Crippen LogP contribution is -2.29. The lowest BCUT2D eigenvalue weighted by atomic mass is 10.0. The molecule has 3 heteroatoms. The Morgan fingerprint density at radius 3 is 3.06 bits per heavy atom. The predicted molar refractivity (Wildman–Crippen MR) is 64.3 cm³/mol. The first-order valence-electron chi connectivity index (χ1n) is 5.85. The Kier molecular flexibility index (Phi) is 3.46. The summed E-state index contributed by atoms with van der Waals surface area (Å²) in [5.41, 5.74) is 2.43. The molecular formula is C14H17NO2. The van der Waals surface area contributed by atoms with Crippen LogP contribution in [-0.2, 0) is 15.9 Å². The molecule has 0 aliphatic carbocycles. The van der Waals surface area contributed by atoms with Gasteiger partial charge in [-0.3, -0.25) is 0 Å². The zero-order chi connectivity index (χ0) is 12.3. The third-order valence-electron chi connectivity index (χ3n) is 2.92. The molecule has 1 aliphatic rings. The highest BCUT2D eigenvalue weighted by Gasteiger charge is 2.37. The molecule has 0 radical (unpaired) electrons. The van der Waals surface area contributed by atoms with Crippen LogP contribution in [0.25, 0.3) is 0 Å². The maximum atomic E-state index is 8.64. The van der Waals surface area contributed by atoms with E-state index in [0.717, 1.165) is 6.42 Å². The van der Waals surface area contributed by atoms with Gasteiger partial charge in [0.1, 0.15) is 0 Å². The summed E-state index contributed by atoms with van der Waals surface area (Å²) in [4.78, 5) is 0. The molecule has 17 heavy (non-hydrogen) atoms. The first-order valence-corrected chi connectivity index (χ1v) is 5.85. The molecule has 90 valence electrons. The van der Waals surface area contributed by atoms with Crippen LogP contribution in [0.1, 0.15) is 24.5 Å². The van der Waals surface area contributed by atoms with Crippen LogP contribution in [0.4, 0.5) is 0 Å². The molecule has 3 nitrogen and oxygen atoms in total. The number of rotatable bonds is 3. The van der Waals surface area contributed by atoms with E-state index in [2.05, 4.69) is 31.2 Å². The predicted octanol–water partition coefficient (Wildman–Crippen LogP) is 2.58. The van der Waals surface area contributed by atoms with Gasteiger partial charge in [-0.2, -0.15) is 5.26 Å². The molecule has 0 spiro atoms. The van der Waals surface area contributed by atoms with Gasteiger partial charge < -0.3 is 9.47 Å². The Hall–Kier alpha value is -1.37. The van der Waals surface area contributed by atoms with E-state index in [9.17, 15) is 0 Å². The largest absolute Gasteiger partial charge is 0.347 e. The number of hydrogen-bond donors (Lipinski definition) is 0.